The van der Waals surface area contributed by atoms with Gasteiger partial charge in [-0.05, 0) is 31.2 Å². The number of benzene rings is 1. The number of nitrogens with zero attached hydrogens (tertiary/aromatic N) is 2. The Morgan fingerprint density at radius 2 is 1.71 bits per heavy atom. The fourth-order valence-electron chi connectivity index (χ4n) is 4.58. The highest BCUT2D eigenvalue weighted by atomic mass is 16.2. The first-order valence-electron chi connectivity index (χ1n) is 13.3. The molecule has 2 rings (SSSR count). The van der Waals surface area contributed by atoms with E-state index in [1.54, 1.807) is 0 Å². The van der Waals surface area contributed by atoms with Gasteiger partial charge in [-0.3, -0.25) is 14.4 Å². The first-order chi connectivity index (χ1) is 16.4. The lowest BCUT2D eigenvalue weighted by Crippen LogP contribution is -2.60. The minimum absolute atomic E-state index is 0.00722. The summed E-state index contributed by atoms with van der Waals surface area (Å²) in [5, 5.41) is 3.02. The van der Waals surface area contributed by atoms with Gasteiger partial charge in [0.05, 0.1) is 0 Å². The highest BCUT2D eigenvalue weighted by Crippen LogP contribution is 2.18. The topological polar surface area (TPSA) is 69.7 Å². The van der Waals surface area contributed by atoms with Gasteiger partial charge >= 0.3 is 0 Å². The molecule has 0 bridgehead atoms. The van der Waals surface area contributed by atoms with Gasteiger partial charge in [0.15, 0.2) is 0 Å². The lowest BCUT2D eigenvalue weighted by molar-refractivity contribution is -0.145. The Morgan fingerprint density at radius 1 is 1.00 bits per heavy atom. The summed E-state index contributed by atoms with van der Waals surface area (Å²) in [6.45, 7) is 9.88. The van der Waals surface area contributed by atoms with Crippen LogP contribution in [0.4, 0.5) is 0 Å². The highest BCUT2D eigenvalue weighted by Gasteiger charge is 2.35. The zero-order valence-corrected chi connectivity index (χ0v) is 21.7. The number of carbonyl (C=O) groups excluding carboxylic acids is 3. The minimum atomic E-state index is -0.527. The average Bonchev–Trinajstić information content (AvgIpc) is 2.85. The molecular weight excluding hydrogens is 426 g/mol. The van der Waals surface area contributed by atoms with Gasteiger partial charge in [0.2, 0.25) is 17.7 Å². The Labute approximate surface area is 206 Å². The molecule has 6 heteroatoms. The smallest absolute Gasteiger partial charge is 0.245 e. The molecule has 3 atom stereocenters. The molecule has 0 spiro atoms. The van der Waals surface area contributed by atoms with E-state index in [4.69, 9.17) is 0 Å². The Morgan fingerprint density at radius 3 is 2.35 bits per heavy atom. The molecule has 1 aliphatic heterocycles. The maximum atomic E-state index is 13.4. The monoisotopic (exact) mass is 471 g/mol. The molecule has 1 fully saturated rings. The van der Waals surface area contributed by atoms with Crippen molar-refractivity contribution in [3.05, 3.63) is 35.9 Å². The molecule has 1 heterocycles. The van der Waals surface area contributed by atoms with Crippen molar-refractivity contribution in [3.8, 4) is 0 Å². The molecule has 1 aromatic rings. The predicted molar refractivity (Wildman–Crippen MR) is 137 cm³/mol. The summed E-state index contributed by atoms with van der Waals surface area (Å²) in [6, 6.07) is 9.39. The minimum Gasteiger partial charge on any atom is -0.344 e. The van der Waals surface area contributed by atoms with Crippen LogP contribution in [0.3, 0.4) is 0 Å². The van der Waals surface area contributed by atoms with Crippen LogP contribution in [0.5, 0.6) is 0 Å². The number of hydrogen-bond donors (Lipinski definition) is 1. The van der Waals surface area contributed by atoms with Crippen LogP contribution in [0.15, 0.2) is 30.3 Å². The fraction of sp³-hybridized carbons (Fsp3) is 0.679. The van der Waals surface area contributed by atoms with Gasteiger partial charge in [0, 0.05) is 38.5 Å². The zero-order chi connectivity index (χ0) is 24.9. The van der Waals surface area contributed by atoms with Crippen LogP contribution in [-0.4, -0.2) is 59.2 Å². The van der Waals surface area contributed by atoms with E-state index in [1.165, 1.54) is 19.3 Å². The van der Waals surface area contributed by atoms with Crippen LogP contribution in [0.25, 0.3) is 0 Å². The van der Waals surface area contributed by atoms with Crippen molar-refractivity contribution in [2.75, 3.05) is 19.6 Å². The van der Waals surface area contributed by atoms with E-state index in [0.29, 0.717) is 38.9 Å². The summed E-state index contributed by atoms with van der Waals surface area (Å²) in [6.07, 6.45) is 8.08. The van der Waals surface area contributed by atoms with E-state index in [1.807, 2.05) is 60.9 Å². The van der Waals surface area contributed by atoms with Gasteiger partial charge in [0.25, 0.3) is 0 Å². The number of unbranched alkanes of at least 4 members (excludes halogenated alkanes) is 4. The van der Waals surface area contributed by atoms with Crippen LogP contribution < -0.4 is 5.32 Å². The largest absolute Gasteiger partial charge is 0.344 e. The molecule has 0 aromatic heterocycles. The van der Waals surface area contributed by atoms with Crippen LogP contribution in [0.1, 0.15) is 84.6 Å². The summed E-state index contributed by atoms with van der Waals surface area (Å²) >= 11 is 0. The number of carbonyl (C=O) groups is 3. The SMILES string of the molecule is CCCCCCCC(=O)N1CCN(C(=O)C(NC(=O)CCc2ccccc2)C(C)CC)CC1C. The van der Waals surface area contributed by atoms with Crippen molar-refractivity contribution in [1.82, 2.24) is 15.1 Å². The molecule has 3 unspecified atom stereocenters. The lowest BCUT2D eigenvalue weighted by atomic mass is 9.96. The molecule has 1 aromatic carbocycles. The predicted octanol–water partition coefficient (Wildman–Crippen LogP) is 4.57. The van der Waals surface area contributed by atoms with Crippen LogP contribution in [0, 0.1) is 5.92 Å². The molecule has 0 aliphatic carbocycles. The van der Waals surface area contributed by atoms with Crippen LogP contribution in [0.2, 0.25) is 0 Å². The van der Waals surface area contributed by atoms with E-state index in [0.717, 1.165) is 24.8 Å². The third-order valence-corrected chi connectivity index (χ3v) is 7.03. The van der Waals surface area contributed by atoms with Crippen LogP contribution in [-0.2, 0) is 20.8 Å². The first kappa shape index (κ1) is 27.9. The fourth-order valence-corrected chi connectivity index (χ4v) is 4.58. The van der Waals surface area contributed by atoms with Gasteiger partial charge in [-0.25, -0.2) is 0 Å². The second kappa shape index (κ2) is 14.8. The van der Waals surface area contributed by atoms with Gasteiger partial charge in [-0.1, -0.05) is 83.2 Å². The summed E-state index contributed by atoms with van der Waals surface area (Å²) in [7, 11) is 0. The highest BCUT2D eigenvalue weighted by molar-refractivity contribution is 5.88. The maximum Gasteiger partial charge on any atom is 0.245 e. The van der Waals surface area contributed by atoms with Gasteiger partial charge in [0.1, 0.15) is 6.04 Å². The number of piperazine rings is 1. The number of amides is 3. The van der Waals surface area contributed by atoms with Gasteiger partial charge in [-0.15, -0.1) is 0 Å². The lowest BCUT2D eigenvalue weighted by Gasteiger charge is -2.41. The Balaban J connectivity index is 1.88. The zero-order valence-electron chi connectivity index (χ0n) is 21.7. The second-order valence-electron chi connectivity index (χ2n) is 9.80. The summed E-state index contributed by atoms with van der Waals surface area (Å²) in [4.78, 5) is 42.6. The summed E-state index contributed by atoms with van der Waals surface area (Å²) < 4.78 is 0. The molecule has 1 saturated heterocycles. The summed E-state index contributed by atoms with van der Waals surface area (Å²) in [5.41, 5.74) is 1.11. The second-order valence-corrected chi connectivity index (χ2v) is 9.80. The van der Waals surface area contributed by atoms with Gasteiger partial charge < -0.3 is 15.1 Å². The standard InChI is InChI=1S/C28H45N3O3/c1-5-7-8-9-13-16-26(33)31-20-19-30(21-23(31)4)28(34)27(22(3)6-2)29-25(32)18-17-24-14-11-10-12-15-24/h10-12,14-15,22-23,27H,5-9,13,16-21H2,1-4H3,(H,29,32). The van der Waals surface area contributed by atoms with Crippen molar-refractivity contribution >= 4 is 17.7 Å². The van der Waals surface area contributed by atoms with Crippen molar-refractivity contribution < 1.29 is 14.4 Å². The van der Waals surface area contributed by atoms with E-state index >= 15 is 0 Å². The summed E-state index contributed by atoms with van der Waals surface area (Å²) in [5.74, 6) is 0.128. The molecule has 1 N–H and O–H groups in total. The van der Waals surface area contributed by atoms with Crippen molar-refractivity contribution in [2.24, 2.45) is 5.92 Å². The molecular formula is C28H45N3O3. The third kappa shape index (κ3) is 8.77. The first-order valence-corrected chi connectivity index (χ1v) is 13.3. The van der Waals surface area contributed by atoms with E-state index in [2.05, 4.69) is 12.2 Å². The Bertz CT molecular complexity index is 767. The molecule has 0 saturated carbocycles. The number of aryl methyl sites for hydroxylation is 1. The van der Waals surface area contributed by atoms with Gasteiger partial charge in [-0.2, -0.15) is 0 Å². The molecule has 34 heavy (non-hydrogen) atoms. The van der Waals surface area contributed by atoms with E-state index < -0.39 is 6.04 Å². The van der Waals surface area contributed by atoms with E-state index in [-0.39, 0.29) is 29.7 Å². The quantitative estimate of drug-likeness (QED) is 0.429. The van der Waals surface area contributed by atoms with Crippen LogP contribution >= 0.6 is 0 Å². The number of hydrogen-bond acceptors (Lipinski definition) is 3. The Kier molecular flexibility index (Phi) is 12.1. The molecule has 6 nitrogen and oxygen atoms in total. The Hall–Kier alpha value is -2.37. The van der Waals surface area contributed by atoms with Crippen molar-refractivity contribution in [1.29, 1.82) is 0 Å². The van der Waals surface area contributed by atoms with Crippen molar-refractivity contribution in [2.45, 2.75) is 97.6 Å². The molecule has 1 aliphatic rings. The molecule has 190 valence electrons. The normalized spacial score (nSPS) is 17.8. The average molecular weight is 472 g/mol. The number of nitrogens with one attached hydrogen (secondary N) is 1. The van der Waals surface area contributed by atoms with Crippen molar-refractivity contribution in [3.63, 3.8) is 0 Å². The molecule has 3 amide bonds. The van der Waals surface area contributed by atoms with E-state index in [9.17, 15) is 14.4 Å². The maximum absolute atomic E-state index is 13.4. The third-order valence-electron chi connectivity index (χ3n) is 7.03. The number of rotatable bonds is 13. The molecule has 0 radical (unpaired) electrons.